The van der Waals surface area contributed by atoms with Gasteiger partial charge in [-0.2, -0.15) is 0 Å². The molecule has 0 aliphatic carbocycles. The second-order valence-corrected chi connectivity index (χ2v) is 4.97. The second kappa shape index (κ2) is 4.02. The van der Waals surface area contributed by atoms with E-state index in [0.717, 1.165) is 21.2 Å². The zero-order valence-corrected chi connectivity index (χ0v) is 10.2. The first-order chi connectivity index (χ1) is 8.27. The van der Waals surface area contributed by atoms with Gasteiger partial charge in [-0.15, -0.1) is 11.3 Å². The third kappa shape index (κ3) is 1.68. The molecule has 1 N–H and O–H groups in total. The number of fused-ring (bicyclic) bond motifs is 1. The summed E-state index contributed by atoms with van der Waals surface area (Å²) in [5.74, 6) is 0.630. The molecule has 3 aromatic rings. The zero-order chi connectivity index (χ0) is 11.8. The van der Waals surface area contributed by atoms with E-state index in [2.05, 4.69) is 12.1 Å². The molecule has 0 radical (unpaired) electrons. The van der Waals surface area contributed by atoms with E-state index >= 15 is 0 Å². The van der Waals surface area contributed by atoms with Gasteiger partial charge in [0.2, 0.25) is 0 Å². The Morgan fingerprint density at radius 3 is 2.88 bits per heavy atom. The van der Waals surface area contributed by atoms with Crippen LogP contribution in [-0.4, -0.2) is 5.11 Å². The van der Waals surface area contributed by atoms with Crippen LogP contribution in [-0.2, 0) is 0 Å². The van der Waals surface area contributed by atoms with Gasteiger partial charge in [0.1, 0.15) is 11.9 Å². The summed E-state index contributed by atoms with van der Waals surface area (Å²) in [6, 6.07) is 9.90. The van der Waals surface area contributed by atoms with E-state index < -0.39 is 6.10 Å². The van der Waals surface area contributed by atoms with E-state index in [1.807, 2.05) is 30.5 Å². The Morgan fingerprint density at radius 2 is 2.12 bits per heavy atom. The van der Waals surface area contributed by atoms with Gasteiger partial charge < -0.3 is 9.52 Å². The lowest BCUT2D eigenvalue weighted by molar-refractivity contribution is 0.190. The minimum atomic E-state index is -0.688. The monoisotopic (exact) mass is 244 g/mol. The molecule has 2 heterocycles. The number of hydrogen-bond donors (Lipinski definition) is 1. The smallest absolute Gasteiger partial charge is 0.139 e. The molecule has 2 nitrogen and oxygen atoms in total. The Balaban J connectivity index is 2.15. The summed E-state index contributed by atoms with van der Waals surface area (Å²) in [6.45, 7) is 1.94. The first-order valence-electron chi connectivity index (χ1n) is 5.45. The molecule has 86 valence electrons. The molecule has 0 aliphatic rings. The normalized spacial score (nSPS) is 13.1. The van der Waals surface area contributed by atoms with Crippen molar-refractivity contribution in [2.75, 3.05) is 0 Å². The number of aliphatic hydroxyl groups excluding tert-OH is 1. The van der Waals surface area contributed by atoms with Crippen molar-refractivity contribution in [2.45, 2.75) is 13.0 Å². The average Bonchev–Trinajstić information content (AvgIpc) is 2.95. The van der Waals surface area contributed by atoms with Crippen molar-refractivity contribution in [3.63, 3.8) is 0 Å². The van der Waals surface area contributed by atoms with Gasteiger partial charge in [0.05, 0.1) is 6.26 Å². The van der Waals surface area contributed by atoms with E-state index in [4.69, 9.17) is 4.42 Å². The van der Waals surface area contributed by atoms with Crippen molar-refractivity contribution >= 4 is 21.4 Å². The van der Waals surface area contributed by atoms with E-state index in [-0.39, 0.29) is 0 Å². The predicted molar refractivity (Wildman–Crippen MR) is 69.3 cm³/mol. The lowest BCUT2D eigenvalue weighted by Crippen LogP contribution is -1.99. The molecule has 0 fully saturated rings. The molecule has 0 bridgehead atoms. The van der Waals surface area contributed by atoms with Gasteiger partial charge in [0.15, 0.2) is 0 Å². The van der Waals surface area contributed by atoms with E-state index in [1.165, 1.54) is 0 Å². The molecule has 2 aromatic heterocycles. The van der Waals surface area contributed by atoms with Crippen molar-refractivity contribution < 1.29 is 9.52 Å². The van der Waals surface area contributed by atoms with Crippen LogP contribution in [0.2, 0.25) is 0 Å². The van der Waals surface area contributed by atoms with Gasteiger partial charge in [0, 0.05) is 10.3 Å². The molecule has 0 aliphatic heterocycles. The summed E-state index contributed by atoms with van der Waals surface area (Å²) in [6.07, 6.45) is 0.926. The molecule has 0 saturated carbocycles. The molecule has 17 heavy (non-hydrogen) atoms. The first-order valence-corrected chi connectivity index (χ1v) is 6.33. The van der Waals surface area contributed by atoms with E-state index in [1.54, 1.807) is 17.6 Å². The quantitative estimate of drug-likeness (QED) is 0.742. The minimum absolute atomic E-state index is 0.630. The molecule has 1 aromatic carbocycles. The summed E-state index contributed by atoms with van der Waals surface area (Å²) in [5.41, 5.74) is 1.89. The van der Waals surface area contributed by atoms with Gasteiger partial charge in [0.25, 0.3) is 0 Å². The molecular formula is C14H12O2S. The molecule has 1 unspecified atom stereocenters. The van der Waals surface area contributed by atoms with Gasteiger partial charge in [-0.25, -0.2) is 0 Å². The lowest BCUT2D eigenvalue weighted by atomic mass is 10.0. The van der Waals surface area contributed by atoms with Gasteiger partial charge in [-0.1, -0.05) is 18.2 Å². The number of rotatable bonds is 2. The largest absolute Gasteiger partial charge is 0.466 e. The van der Waals surface area contributed by atoms with Crippen LogP contribution in [0.5, 0.6) is 0 Å². The maximum absolute atomic E-state index is 10.4. The lowest BCUT2D eigenvalue weighted by Gasteiger charge is -2.10. The Bertz CT molecular complexity index is 651. The van der Waals surface area contributed by atoms with Crippen LogP contribution in [0.15, 0.2) is 46.4 Å². The maximum atomic E-state index is 10.4. The molecular weight excluding hydrogens is 232 g/mol. The zero-order valence-electron chi connectivity index (χ0n) is 9.38. The highest BCUT2D eigenvalue weighted by molar-refractivity contribution is 7.17. The summed E-state index contributed by atoms with van der Waals surface area (Å²) in [4.78, 5) is 0. The SMILES string of the molecule is Cc1ccoc1C(O)c1cccc2ccsc12. The fourth-order valence-corrected chi connectivity index (χ4v) is 2.98. The number of furan rings is 1. The highest BCUT2D eigenvalue weighted by Crippen LogP contribution is 2.33. The van der Waals surface area contributed by atoms with Crippen LogP contribution in [0.3, 0.4) is 0 Å². The number of thiophene rings is 1. The van der Waals surface area contributed by atoms with Crippen molar-refractivity contribution in [3.05, 3.63) is 58.9 Å². The van der Waals surface area contributed by atoms with E-state index in [9.17, 15) is 5.11 Å². The molecule has 0 saturated heterocycles. The maximum Gasteiger partial charge on any atom is 0.139 e. The molecule has 3 rings (SSSR count). The number of aliphatic hydroxyl groups is 1. The third-order valence-electron chi connectivity index (χ3n) is 2.95. The Kier molecular flexibility index (Phi) is 2.50. The standard InChI is InChI=1S/C14H12O2S/c1-9-5-7-16-13(9)12(15)11-4-2-3-10-6-8-17-14(10)11/h2-8,12,15H,1H3. The van der Waals surface area contributed by atoms with Crippen LogP contribution >= 0.6 is 11.3 Å². The fraction of sp³-hybridized carbons (Fsp3) is 0.143. The van der Waals surface area contributed by atoms with Gasteiger partial charge in [-0.05, 0) is 35.4 Å². The Labute approximate surface area is 103 Å². The van der Waals surface area contributed by atoms with Crippen LogP contribution in [0.4, 0.5) is 0 Å². The van der Waals surface area contributed by atoms with Gasteiger partial charge in [-0.3, -0.25) is 0 Å². The summed E-state index contributed by atoms with van der Waals surface area (Å²) < 4.78 is 6.48. The second-order valence-electron chi connectivity index (χ2n) is 4.06. The predicted octanol–water partition coefficient (Wildman–Crippen LogP) is 3.88. The Morgan fingerprint density at radius 1 is 1.24 bits per heavy atom. The molecule has 3 heteroatoms. The van der Waals surface area contributed by atoms with Crippen molar-refractivity contribution in [1.82, 2.24) is 0 Å². The Hall–Kier alpha value is -1.58. The van der Waals surface area contributed by atoms with Crippen molar-refractivity contribution in [1.29, 1.82) is 0 Å². The van der Waals surface area contributed by atoms with Crippen LogP contribution < -0.4 is 0 Å². The third-order valence-corrected chi connectivity index (χ3v) is 3.93. The summed E-state index contributed by atoms with van der Waals surface area (Å²) in [7, 11) is 0. The number of benzene rings is 1. The highest BCUT2D eigenvalue weighted by Gasteiger charge is 2.18. The first kappa shape index (κ1) is 10.6. The molecule has 0 amide bonds. The average molecular weight is 244 g/mol. The van der Waals surface area contributed by atoms with Gasteiger partial charge >= 0.3 is 0 Å². The molecule has 1 atom stereocenters. The minimum Gasteiger partial charge on any atom is -0.466 e. The topological polar surface area (TPSA) is 33.4 Å². The summed E-state index contributed by atoms with van der Waals surface area (Å²) >= 11 is 1.64. The number of aryl methyl sites for hydroxylation is 1. The van der Waals surface area contributed by atoms with E-state index in [0.29, 0.717) is 5.76 Å². The highest BCUT2D eigenvalue weighted by atomic mass is 32.1. The van der Waals surface area contributed by atoms with Crippen LogP contribution in [0.25, 0.3) is 10.1 Å². The van der Waals surface area contributed by atoms with Crippen LogP contribution in [0.1, 0.15) is 23.0 Å². The van der Waals surface area contributed by atoms with Crippen molar-refractivity contribution in [2.24, 2.45) is 0 Å². The fourth-order valence-electron chi connectivity index (χ4n) is 2.04. The summed E-state index contributed by atoms with van der Waals surface area (Å²) in [5, 5.41) is 13.6. The van der Waals surface area contributed by atoms with Crippen LogP contribution in [0, 0.1) is 6.92 Å². The van der Waals surface area contributed by atoms with Crippen molar-refractivity contribution in [3.8, 4) is 0 Å². The molecule has 0 spiro atoms. The number of hydrogen-bond acceptors (Lipinski definition) is 3.